The number of nitrogens with zero attached hydrogens (tertiary/aromatic N) is 1. The van der Waals surface area contributed by atoms with Gasteiger partial charge in [-0.1, -0.05) is 30.3 Å². The molecule has 0 aromatic heterocycles. The number of anilines is 1. The van der Waals surface area contributed by atoms with Crippen LogP contribution in [0.4, 0.5) is 10.1 Å². The van der Waals surface area contributed by atoms with E-state index in [-0.39, 0.29) is 17.6 Å². The van der Waals surface area contributed by atoms with Crippen LogP contribution in [0.25, 0.3) is 0 Å². The van der Waals surface area contributed by atoms with Crippen molar-refractivity contribution in [1.29, 1.82) is 0 Å². The Morgan fingerprint density at radius 3 is 2.28 bits per heavy atom. The molecule has 8 heteroatoms. The lowest BCUT2D eigenvalue weighted by molar-refractivity contribution is -0.231. The molecule has 170 valence electrons. The Bertz CT molecular complexity index is 963. The zero-order valence-electron chi connectivity index (χ0n) is 17.3. The van der Waals surface area contributed by atoms with Crippen molar-refractivity contribution in [1.82, 2.24) is 0 Å². The second-order valence-corrected chi connectivity index (χ2v) is 8.20. The molecule has 2 fully saturated rings. The molecule has 0 saturated carbocycles. The number of benzene rings is 2. The summed E-state index contributed by atoms with van der Waals surface area (Å²) < 4.78 is 18.8. The topological polar surface area (TPSA) is 110 Å². The summed E-state index contributed by atoms with van der Waals surface area (Å²) in [7, 11) is 0. The van der Waals surface area contributed by atoms with Gasteiger partial charge in [0, 0.05) is 18.2 Å². The normalized spacial score (nSPS) is 31.2. The van der Waals surface area contributed by atoms with E-state index in [1.807, 2.05) is 12.1 Å². The number of hydrogen-bond donors (Lipinski definition) is 4. The molecule has 0 spiro atoms. The molecule has 0 aliphatic carbocycles. The summed E-state index contributed by atoms with van der Waals surface area (Å²) in [6.07, 6.45) is -4.58. The van der Waals surface area contributed by atoms with Gasteiger partial charge >= 0.3 is 0 Å². The lowest BCUT2D eigenvalue weighted by Gasteiger charge is -2.42. The highest BCUT2D eigenvalue weighted by molar-refractivity contribution is 6.04. The highest BCUT2D eigenvalue weighted by Gasteiger charge is 2.46. The van der Waals surface area contributed by atoms with Gasteiger partial charge in [-0.05, 0) is 35.4 Å². The van der Waals surface area contributed by atoms with Crippen LogP contribution in [0.3, 0.4) is 0 Å². The molecular formula is C24H26FNO6. The number of halogens is 1. The summed E-state index contributed by atoms with van der Waals surface area (Å²) >= 11 is 0. The molecule has 7 nitrogen and oxygen atoms in total. The standard InChI is InChI=1S/C24H26FNO6/c1-2-17(23-22(30)21(29)20(28)19(12-27)32-23)13-3-5-14(6-4-13)18-11-26(24(18)31)16-9-7-15(25)8-10-16/h2-10,17-23,27-30H,1,11-12H2/t17?,18?,19-,20-,21+,22-,23+/m1/s1. The zero-order valence-corrected chi connectivity index (χ0v) is 17.3. The fourth-order valence-corrected chi connectivity index (χ4v) is 4.37. The first-order valence-corrected chi connectivity index (χ1v) is 10.5. The van der Waals surface area contributed by atoms with Gasteiger partial charge in [-0.2, -0.15) is 0 Å². The molecule has 2 aromatic carbocycles. The van der Waals surface area contributed by atoms with Gasteiger partial charge in [0.25, 0.3) is 0 Å². The van der Waals surface area contributed by atoms with Gasteiger partial charge in [-0.15, -0.1) is 6.58 Å². The van der Waals surface area contributed by atoms with Crippen LogP contribution in [0, 0.1) is 5.82 Å². The van der Waals surface area contributed by atoms with Crippen molar-refractivity contribution in [3.8, 4) is 0 Å². The number of hydrogen-bond acceptors (Lipinski definition) is 6. The Labute approximate surface area is 185 Å². The third kappa shape index (κ3) is 3.96. The minimum Gasteiger partial charge on any atom is -0.394 e. The SMILES string of the molecule is C=CC(c1ccc(C2CN(c3ccc(F)cc3)C2=O)cc1)[C@@H]1O[C@H](CO)[C@@H](O)[C@H](O)[C@H]1O. The number of amides is 1. The Hall–Kier alpha value is -2.62. The first kappa shape index (κ1) is 22.6. The van der Waals surface area contributed by atoms with Crippen molar-refractivity contribution < 1.29 is 34.3 Å². The number of carbonyl (C=O) groups is 1. The first-order chi connectivity index (χ1) is 15.3. The van der Waals surface area contributed by atoms with Crippen LogP contribution >= 0.6 is 0 Å². The average Bonchev–Trinajstić information content (AvgIpc) is 2.80. The molecular weight excluding hydrogens is 417 g/mol. The van der Waals surface area contributed by atoms with Crippen LogP contribution in [-0.4, -0.2) is 70.0 Å². The summed E-state index contributed by atoms with van der Waals surface area (Å²) in [5, 5.41) is 39.9. The van der Waals surface area contributed by atoms with Gasteiger partial charge in [0.05, 0.1) is 18.6 Å². The Morgan fingerprint density at radius 1 is 1.06 bits per heavy atom. The quantitative estimate of drug-likeness (QED) is 0.393. The molecule has 2 aliphatic rings. The number of aliphatic hydroxyl groups excluding tert-OH is 4. The van der Waals surface area contributed by atoms with Crippen molar-refractivity contribution in [3.05, 3.63) is 78.1 Å². The van der Waals surface area contributed by atoms with E-state index in [9.17, 15) is 29.6 Å². The molecule has 2 aromatic rings. The van der Waals surface area contributed by atoms with Crippen LogP contribution in [0.15, 0.2) is 61.2 Å². The molecule has 7 atom stereocenters. The smallest absolute Gasteiger partial charge is 0.236 e. The molecule has 0 radical (unpaired) electrons. The van der Waals surface area contributed by atoms with Crippen molar-refractivity contribution in [2.45, 2.75) is 42.4 Å². The lowest BCUT2D eigenvalue weighted by atomic mass is 9.82. The van der Waals surface area contributed by atoms with Crippen molar-refractivity contribution in [2.75, 3.05) is 18.1 Å². The molecule has 4 rings (SSSR count). The van der Waals surface area contributed by atoms with Gasteiger partial charge in [-0.3, -0.25) is 4.79 Å². The fraction of sp³-hybridized carbons (Fsp3) is 0.375. The van der Waals surface area contributed by atoms with Gasteiger partial charge in [0.15, 0.2) is 0 Å². The first-order valence-electron chi connectivity index (χ1n) is 10.5. The molecule has 32 heavy (non-hydrogen) atoms. The van der Waals surface area contributed by atoms with E-state index in [1.54, 1.807) is 35.2 Å². The Balaban J connectivity index is 1.47. The second-order valence-electron chi connectivity index (χ2n) is 8.20. The molecule has 2 heterocycles. The zero-order chi connectivity index (χ0) is 23.0. The Kier molecular flexibility index (Phi) is 6.41. The molecule has 4 N–H and O–H groups in total. The van der Waals surface area contributed by atoms with E-state index in [2.05, 4.69) is 6.58 Å². The molecule has 2 aliphatic heterocycles. The number of carbonyl (C=O) groups excluding carboxylic acids is 1. The summed E-state index contributed by atoms with van der Waals surface area (Å²) in [5.74, 6) is -1.24. The van der Waals surface area contributed by atoms with Gasteiger partial charge in [0.1, 0.15) is 30.2 Å². The summed E-state index contributed by atoms with van der Waals surface area (Å²) in [5.41, 5.74) is 2.22. The van der Waals surface area contributed by atoms with Gasteiger partial charge < -0.3 is 30.1 Å². The van der Waals surface area contributed by atoms with E-state index in [1.165, 1.54) is 12.1 Å². The molecule has 0 bridgehead atoms. The maximum Gasteiger partial charge on any atom is 0.236 e. The fourth-order valence-electron chi connectivity index (χ4n) is 4.37. The predicted octanol–water partition coefficient (Wildman–Crippen LogP) is 1.07. The second kappa shape index (κ2) is 9.09. The summed E-state index contributed by atoms with van der Waals surface area (Å²) in [4.78, 5) is 14.2. The molecule has 2 saturated heterocycles. The third-order valence-corrected chi connectivity index (χ3v) is 6.33. The van der Waals surface area contributed by atoms with Crippen molar-refractivity contribution in [2.24, 2.45) is 0 Å². The number of ether oxygens (including phenoxy) is 1. The average molecular weight is 443 g/mol. The highest BCUT2D eigenvalue weighted by atomic mass is 19.1. The van der Waals surface area contributed by atoms with Gasteiger partial charge in [-0.25, -0.2) is 4.39 Å². The Morgan fingerprint density at radius 2 is 1.72 bits per heavy atom. The van der Waals surface area contributed by atoms with Crippen LogP contribution in [0.1, 0.15) is 23.0 Å². The maximum absolute atomic E-state index is 13.1. The van der Waals surface area contributed by atoms with Crippen LogP contribution in [0.5, 0.6) is 0 Å². The number of β-lactam (4-membered cyclic amide) rings is 1. The van der Waals surface area contributed by atoms with E-state index in [0.29, 0.717) is 12.2 Å². The maximum atomic E-state index is 13.1. The number of aliphatic hydroxyl groups is 4. The van der Waals surface area contributed by atoms with Crippen LogP contribution in [-0.2, 0) is 9.53 Å². The van der Waals surface area contributed by atoms with Crippen LogP contribution < -0.4 is 4.90 Å². The monoisotopic (exact) mass is 443 g/mol. The molecule has 1 amide bonds. The van der Waals surface area contributed by atoms with Crippen LogP contribution in [0.2, 0.25) is 0 Å². The van der Waals surface area contributed by atoms with Crippen molar-refractivity contribution in [3.63, 3.8) is 0 Å². The molecule has 2 unspecified atom stereocenters. The largest absolute Gasteiger partial charge is 0.394 e. The number of rotatable bonds is 6. The summed E-state index contributed by atoms with van der Waals surface area (Å²) in [6.45, 7) is 3.79. The van der Waals surface area contributed by atoms with Gasteiger partial charge in [0.2, 0.25) is 5.91 Å². The highest BCUT2D eigenvalue weighted by Crippen LogP contribution is 2.36. The summed E-state index contributed by atoms with van der Waals surface area (Å²) in [6, 6.07) is 13.0. The predicted molar refractivity (Wildman–Crippen MR) is 115 cm³/mol. The van der Waals surface area contributed by atoms with E-state index < -0.39 is 43.0 Å². The van der Waals surface area contributed by atoms with E-state index in [4.69, 9.17) is 4.74 Å². The minimum absolute atomic E-state index is 0.0708. The van der Waals surface area contributed by atoms with Crippen molar-refractivity contribution >= 4 is 11.6 Å². The third-order valence-electron chi connectivity index (χ3n) is 6.33. The lowest BCUT2D eigenvalue weighted by Crippen LogP contribution is -2.59. The minimum atomic E-state index is -1.46. The van der Waals surface area contributed by atoms with E-state index >= 15 is 0 Å². The van der Waals surface area contributed by atoms with E-state index in [0.717, 1.165) is 11.1 Å².